The van der Waals surface area contributed by atoms with Crippen molar-refractivity contribution < 1.29 is 23.5 Å². The molecule has 0 N–H and O–H groups in total. The van der Waals surface area contributed by atoms with Crippen LogP contribution in [0.1, 0.15) is 28.3 Å². The number of ether oxygens (including phenoxy) is 2. The normalized spacial score (nSPS) is 11.8. The quantitative estimate of drug-likeness (QED) is 0.353. The summed E-state index contributed by atoms with van der Waals surface area (Å²) in [5.41, 5.74) is 0.313. The molecule has 0 saturated heterocycles. The summed E-state index contributed by atoms with van der Waals surface area (Å²) in [5, 5.41) is 0.713. The Labute approximate surface area is 165 Å². The standard InChI is InChI=1S/C21H17ClO6/c1-26-19-11-18-14(8-16(19)22)13(10-20(24)28-18)15(21(25)27-2)9-17(23)12-6-4-3-5-7-12/h3-8,10-11,15H,9H2,1-2H3/t15-/m1/s1. The van der Waals surface area contributed by atoms with E-state index in [2.05, 4.69) is 0 Å². The van der Waals surface area contributed by atoms with Gasteiger partial charge in [-0.25, -0.2) is 4.79 Å². The largest absolute Gasteiger partial charge is 0.495 e. The first-order valence-electron chi connectivity index (χ1n) is 8.42. The number of hydrogen-bond donors (Lipinski definition) is 0. The van der Waals surface area contributed by atoms with E-state index in [1.807, 2.05) is 0 Å². The highest BCUT2D eigenvalue weighted by Crippen LogP contribution is 2.35. The molecule has 1 atom stereocenters. The number of halogens is 1. The molecule has 0 aliphatic rings. The van der Waals surface area contributed by atoms with Gasteiger partial charge in [0, 0.05) is 29.5 Å². The molecule has 0 amide bonds. The molecule has 0 saturated carbocycles. The topological polar surface area (TPSA) is 82.8 Å². The van der Waals surface area contributed by atoms with Crippen molar-refractivity contribution in [2.75, 3.05) is 14.2 Å². The zero-order valence-corrected chi connectivity index (χ0v) is 16.0. The number of carbonyl (C=O) groups excluding carboxylic acids is 2. The van der Waals surface area contributed by atoms with Crippen LogP contribution in [0.4, 0.5) is 0 Å². The van der Waals surface area contributed by atoms with Crippen LogP contribution < -0.4 is 10.4 Å². The fraction of sp³-hybridized carbons (Fsp3) is 0.190. The second-order valence-corrected chi connectivity index (χ2v) is 6.48. The van der Waals surface area contributed by atoms with Crippen LogP contribution in [0, 0.1) is 0 Å². The molecular formula is C21H17ClO6. The van der Waals surface area contributed by atoms with Crippen LogP contribution in [0.3, 0.4) is 0 Å². The molecule has 0 fully saturated rings. The van der Waals surface area contributed by atoms with Gasteiger partial charge in [-0.05, 0) is 11.6 Å². The van der Waals surface area contributed by atoms with Gasteiger partial charge in [0.2, 0.25) is 0 Å². The van der Waals surface area contributed by atoms with Crippen LogP contribution in [-0.2, 0) is 9.53 Å². The van der Waals surface area contributed by atoms with Crippen LogP contribution in [0.2, 0.25) is 5.02 Å². The van der Waals surface area contributed by atoms with E-state index in [9.17, 15) is 14.4 Å². The van der Waals surface area contributed by atoms with Gasteiger partial charge in [0.15, 0.2) is 5.78 Å². The Morgan fingerprint density at radius 2 is 1.82 bits per heavy atom. The highest BCUT2D eigenvalue weighted by atomic mass is 35.5. The summed E-state index contributed by atoms with van der Waals surface area (Å²) in [6.45, 7) is 0. The van der Waals surface area contributed by atoms with Crippen LogP contribution in [0.5, 0.6) is 5.75 Å². The maximum absolute atomic E-state index is 12.7. The van der Waals surface area contributed by atoms with Crippen LogP contribution in [-0.4, -0.2) is 26.0 Å². The minimum absolute atomic E-state index is 0.168. The van der Waals surface area contributed by atoms with Gasteiger partial charge < -0.3 is 13.9 Å². The van der Waals surface area contributed by atoms with Crippen LogP contribution in [0.15, 0.2) is 57.7 Å². The van der Waals surface area contributed by atoms with Crippen LogP contribution >= 0.6 is 11.6 Å². The van der Waals surface area contributed by atoms with E-state index in [-0.39, 0.29) is 22.8 Å². The number of hydrogen-bond acceptors (Lipinski definition) is 6. The third-order valence-electron chi connectivity index (χ3n) is 4.40. The third kappa shape index (κ3) is 3.92. The molecule has 0 aliphatic heterocycles. The van der Waals surface area contributed by atoms with E-state index in [0.717, 1.165) is 0 Å². The van der Waals surface area contributed by atoms with Crippen molar-refractivity contribution in [2.24, 2.45) is 0 Å². The van der Waals surface area contributed by atoms with E-state index in [1.165, 1.54) is 32.4 Å². The molecule has 1 heterocycles. The van der Waals surface area contributed by atoms with E-state index >= 15 is 0 Å². The average molecular weight is 401 g/mol. The highest BCUT2D eigenvalue weighted by Gasteiger charge is 2.28. The molecule has 6 nitrogen and oxygen atoms in total. The van der Waals surface area contributed by atoms with Crippen molar-refractivity contribution in [1.82, 2.24) is 0 Å². The van der Waals surface area contributed by atoms with Crippen molar-refractivity contribution in [3.63, 3.8) is 0 Å². The summed E-state index contributed by atoms with van der Waals surface area (Å²) in [6, 6.07) is 12.8. The van der Waals surface area contributed by atoms with Gasteiger partial charge in [-0.2, -0.15) is 0 Å². The molecule has 0 radical (unpaired) electrons. The molecule has 1 aromatic heterocycles. The molecule has 0 unspecified atom stereocenters. The maximum Gasteiger partial charge on any atom is 0.336 e. The Hall–Kier alpha value is -3.12. The molecule has 144 valence electrons. The van der Waals surface area contributed by atoms with Gasteiger partial charge >= 0.3 is 11.6 Å². The highest BCUT2D eigenvalue weighted by molar-refractivity contribution is 6.32. The number of Topliss-reactive ketones (excluding diaryl/α,β-unsaturated/α-hetero) is 1. The second kappa shape index (κ2) is 8.27. The number of rotatable bonds is 6. The Morgan fingerprint density at radius 1 is 1.11 bits per heavy atom. The van der Waals surface area contributed by atoms with Crippen molar-refractivity contribution >= 4 is 34.3 Å². The number of ketones is 1. The second-order valence-electron chi connectivity index (χ2n) is 6.07. The summed E-state index contributed by atoms with van der Waals surface area (Å²) in [4.78, 5) is 37.2. The zero-order chi connectivity index (χ0) is 20.3. The summed E-state index contributed by atoms with van der Waals surface area (Å²) in [7, 11) is 2.66. The predicted molar refractivity (Wildman–Crippen MR) is 104 cm³/mol. The van der Waals surface area contributed by atoms with Crippen molar-refractivity contribution in [3.05, 3.63) is 75.1 Å². The Morgan fingerprint density at radius 3 is 2.46 bits per heavy atom. The molecule has 28 heavy (non-hydrogen) atoms. The Bertz CT molecular complexity index is 1090. The summed E-state index contributed by atoms with van der Waals surface area (Å²) < 4.78 is 15.3. The van der Waals surface area contributed by atoms with Crippen molar-refractivity contribution in [2.45, 2.75) is 12.3 Å². The van der Waals surface area contributed by atoms with E-state index in [0.29, 0.717) is 22.3 Å². The van der Waals surface area contributed by atoms with Crippen LogP contribution in [0.25, 0.3) is 11.0 Å². The number of carbonyl (C=O) groups is 2. The van der Waals surface area contributed by atoms with Gasteiger partial charge in [0.05, 0.1) is 25.2 Å². The molecule has 7 heteroatoms. The Kier molecular flexibility index (Phi) is 5.80. The maximum atomic E-state index is 12.7. The zero-order valence-electron chi connectivity index (χ0n) is 15.2. The van der Waals surface area contributed by atoms with Gasteiger partial charge in [-0.15, -0.1) is 0 Å². The predicted octanol–water partition coefficient (Wildman–Crippen LogP) is 3.98. The lowest BCUT2D eigenvalue weighted by Crippen LogP contribution is -2.20. The van der Waals surface area contributed by atoms with Gasteiger partial charge in [0.25, 0.3) is 0 Å². The van der Waals surface area contributed by atoms with Gasteiger partial charge in [-0.3, -0.25) is 9.59 Å². The minimum Gasteiger partial charge on any atom is -0.495 e. The molecule has 3 aromatic rings. The van der Waals surface area contributed by atoms with E-state index in [4.69, 9.17) is 25.5 Å². The molecule has 0 bridgehead atoms. The number of fused-ring (bicyclic) bond motifs is 1. The van der Waals surface area contributed by atoms with Gasteiger partial charge in [-0.1, -0.05) is 41.9 Å². The molecule has 3 rings (SSSR count). The first-order valence-corrected chi connectivity index (χ1v) is 8.79. The first-order chi connectivity index (χ1) is 13.4. The van der Waals surface area contributed by atoms with Crippen molar-refractivity contribution in [3.8, 4) is 5.75 Å². The molecular weight excluding hydrogens is 384 g/mol. The first kappa shape index (κ1) is 19.6. The minimum atomic E-state index is -0.992. The average Bonchev–Trinajstić information content (AvgIpc) is 2.71. The molecule has 0 spiro atoms. The number of esters is 1. The third-order valence-corrected chi connectivity index (χ3v) is 4.69. The lowest BCUT2D eigenvalue weighted by atomic mass is 9.89. The summed E-state index contributed by atoms with van der Waals surface area (Å²) >= 11 is 6.21. The lowest BCUT2D eigenvalue weighted by Gasteiger charge is -2.16. The van der Waals surface area contributed by atoms with E-state index < -0.39 is 17.5 Å². The fourth-order valence-corrected chi connectivity index (χ4v) is 3.26. The number of benzene rings is 2. The smallest absolute Gasteiger partial charge is 0.336 e. The Balaban J connectivity index is 2.13. The van der Waals surface area contributed by atoms with E-state index in [1.54, 1.807) is 30.3 Å². The number of methoxy groups -OCH3 is 2. The molecule has 2 aromatic carbocycles. The lowest BCUT2D eigenvalue weighted by molar-refractivity contribution is -0.142. The SMILES string of the molecule is COC(=O)[C@H](CC(=O)c1ccccc1)c1cc(=O)oc2cc(OC)c(Cl)cc12. The monoisotopic (exact) mass is 400 g/mol. The fourth-order valence-electron chi connectivity index (χ4n) is 3.02. The molecule has 0 aliphatic carbocycles. The summed E-state index contributed by atoms with van der Waals surface area (Å²) in [5.74, 6) is -1.56. The van der Waals surface area contributed by atoms with Gasteiger partial charge in [0.1, 0.15) is 11.3 Å². The summed E-state index contributed by atoms with van der Waals surface area (Å²) in [6.07, 6.45) is -0.168. The van der Waals surface area contributed by atoms with Crippen molar-refractivity contribution in [1.29, 1.82) is 0 Å².